The molecule has 1 fully saturated rings. The monoisotopic (exact) mass is 184 g/mol. The molecular formula is C9H16N2O2. The summed E-state index contributed by atoms with van der Waals surface area (Å²) in [6.45, 7) is 3.15. The molecule has 0 amide bonds. The molecule has 0 aliphatic carbocycles. The van der Waals surface area contributed by atoms with E-state index in [-0.39, 0.29) is 18.2 Å². The summed E-state index contributed by atoms with van der Waals surface area (Å²) in [4.78, 5) is 1.99. The summed E-state index contributed by atoms with van der Waals surface area (Å²) in [6.07, 6.45) is 0.674. The molecule has 0 aromatic heterocycles. The normalized spacial score (nSPS) is 34.8. The minimum absolute atomic E-state index is 0.0372. The Morgan fingerprint density at radius 1 is 1.69 bits per heavy atom. The van der Waals surface area contributed by atoms with Crippen molar-refractivity contribution in [3.8, 4) is 6.07 Å². The van der Waals surface area contributed by atoms with Gasteiger partial charge in [0.25, 0.3) is 0 Å². The van der Waals surface area contributed by atoms with Gasteiger partial charge in [0.1, 0.15) is 0 Å². The number of nitriles is 1. The van der Waals surface area contributed by atoms with Crippen LogP contribution in [0.3, 0.4) is 0 Å². The predicted octanol–water partition coefficient (Wildman–Crippen LogP) is -0.282. The zero-order valence-electron chi connectivity index (χ0n) is 7.90. The molecule has 74 valence electrons. The van der Waals surface area contributed by atoms with E-state index in [0.717, 1.165) is 0 Å². The maximum atomic E-state index is 9.43. The summed E-state index contributed by atoms with van der Waals surface area (Å²) >= 11 is 0. The van der Waals surface area contributed by atoms with Crippen molar-refractivity contribution in [2.75, 3.05) is 19.7 Å². The highest BCUT2D eigenvalue weighted by Crippen LogP contribution is 2.28. The molecule has 2 atom stereocenters. The zero-order valence-corrected chi connectivity index (χ0v) is 7.90. The Kier molecular flexibility index (Phi) is 3.26. The summed E-state index contributed by atoms with van der Waals surface area (Å²) in [5, 5.41) is 27.0. The lowest BCUT2D eigenvalue weighted by molar-refractivity contribution is 0.0808. The third-order valence-electron chi connectivity index (χ3n) is 2.70. The van der Waals surface area contributed by atoms with Crippen molar-refractivity contribution < 1.29 is 10.2 Å². The van der Waals surface area contributed by atoms with Crippen LogP contribution in [0.25, 0.3) is 0 Å². The molecule has 13 heavy (non-hydrogen) atoms. The largest absolute Gasteiger partial charge is 0.394 e. The van der Waals surface area contributed by atoms with Gasteiger partial charge in [0.05, 0.1) is 18.8 Å². The minimum atomic E-state index is -0.365. The van der Waals surface area contributed by atoms with Gasteiger partial charge in [0.15, 0.2) is 0 Å². The Morgan fingerprint density at radius 2 is 2.38 bits per heavy atom. The molecule has 4 nitrogen and oxygen atoms in total. The molecule has 0 spiro atoms. The van der Waals surface area contributed by atoms with Gasteiger partial charge < -0.3 is 10.2 Å². The van der Waals surface area contributed by atoms with E-state index in [1.165, 1.54) is 0 Å². The first-order valence-electron chi connectivity index (χ1n) is 4.53. The highest BCUT2D eigenvalue weighted by Gasteiger charge is 2.40. The van der Waals surface area contributed by atoms with E-state index in [2.05, 4.69) is 6.07 Å². The lowest BCUT2D eigenvalue weighted by Gasteiger charge is -2.32. The number of aliphatic hydroxyl groups is 2. The van der Waals surface area contributed by atoms with Crippen molar-refractivity contribution in [1.82, 2.24) is 4.90 Å². The van der Waals surface area contributed by atoms with E-state index in [1.807, 2.05) is 11.8 Å². The van der Waals surface area contributed by atoms with E-state index in [4.69, 9.17) is 5.26 Å². The van der Waals surface area contributed by atoms with Gasteiger partial charge in [-0.1, -0.05) is 0 Å². The van der Waals surface area contributed by atoms with E-state index in [1.54, 1.807) is 0 Å². The minimum Gasteiger partial charge on any atom is -0.394 e. The van der Waals surface area contributed by atoms with Crippen molar-refractivity contribution >= 4 is 0 Å². The highest BCUT2D eigenvalue weighted by molar-refractivity contribution is 4.96. The van der Waals surface area contributed by atoms with Crippen LogP contribution in [-0.4, -0.2) is 46.5 Å². The SMILES string of the molecule is CC1(CO)CC(O)CN1CCC#N. The van der Waals surface area contributed by atoms with E-state index >= 15 is 0 Å². The molecule has 0 bridgehead atoms. The summed E-state index contributed by atoms with van der Waals surface area (Å²) in [6, 6.07) is 2.07. The summed E-state index contributed by atoms with van der Waals surface area (Å²) in [5.41, 5.74) is -0.337. The third kappa shape index (κ3) is 2.19. The third-order valence-corrected chi connectivity index (χ3v) is 2.70. The van der Waals surface area contributed by atoms with Crippen molar-refractivity contribution in [3.63, 3.8) is 0 Å². The summed E-state index contributed by atoms with van der Waals surface area (Å²) in [5.74, 6) is 0. The summed E-state index contributed by atoms with van der Waals surface area (Å²) < 4.78 is 0. The number of rotatable bonds is 3. The van der Waals surface area contributed by atoms with Crippen LogP contribution in [0.2, 0.25) is 0 Å². The van der Waals surface area contributed by atoms with Gasteiger partial charge >= 0.3 is 0 Å². The van der Waals surface area contributed by atoms with Crippen LogP contribution in [-0.2, 0) is 0 Å². The second kappa shape index (κ2) is 4.05. The fraction of sp³-hybridized carbons (Fsp3) is 0.889. The van der Waals surface area contributed by atoms with E-state index in [0.29, 0.717) is 25.9 Å². The van der Waals surface area contributed by atoms with Crippen molar-refractivity contribution in [1.29, 1.82) is 5.26 Å². The standard InChI is InChI=1S/C9H16N2O2/c1-9(7-12)5-8(13)6-11(9)4-2-3-10/h8,12-13H,2,4-7H2,1H3. The molecule has 0 saturated carbocycles. The van der Waals surface area contributed by atoms with Gasteiger partial charge in [-0.15, -0.1) is 0 Å². The van der Waals surface area contributed by atoms with Crippen LogP contribution in [0.4, 0.5) is 0 Å². The first-order chi connectivity index (χ1) is 6.12. The number of hydrogen-bond acceptors (Lipinski definition) is 4. The quantitative estimate of drug-likeness (QED) is 0.633. The van der Waals surface area contributed by atoms with Gasteiger partial charge in [-0.05, 0) is 13.3 Å². The van der Waals surface area contributed by atoms with Crippen LogP contribution in [0.5, 0.6) is 0 Å². The first kappa shape index (κ1) is 10.5. The van der Waals surface area contributed by atoms with E-state index in [9.17, 15) is 10.2 Å². The lowest BCUT2D eigenvalue weighted by atomic mass is 9.99. The van der Waals surface area contributed by atoms with Crippen molar-refractivity contribution in [2.45, 2.75) is 31.4 Å². The number of hydrogen-bond donors (Lipinski definition) is 2. The van der Waals surface area contributed by atoms with Crippen LogP contribution < -0.4 is 0 Å². The van der Waals surface area contributed by atoms with Gasteiger partial charge in [-0.3, -0.25) is 4.90 Å². The van der Waals surface area contributed by atoms with Gasteiger partial charge in [0, 0.05) is 25.0 Å². The molecule has 0 aromatic carbocycles. The van der Waals surface area contributed by atoms with Crippen molar-refractivity contribution in [2.24, 2.45) is 0 Å². The number of β-amino-alcohol motifs (C(OH)–C–C–N with tert-alkyl or cyclic N) is 1. The molecule has 1 aliphatic rings. The zero-order chi connectivity index (χ0) is 9.90. The molecule has 1 aliphatic heterocycles. The van der Waals surface area contributed by atoms with Crippen molar-refractivity contribution in [3.05, 3.63) is 0 Å². The second-order valence-corrected chi connectivity index (χ2v) is 3.87. The van der Waals surface area contributed by atoms with E-state index < -0.39 is 0 Å². The molecule has 2 unspecified atom stereocenters. The number of likely N-dealkylation sites (tertiary alicyclic amines) is 1. The van der Waals surface area contributed by atoms with Crippen LogP contribution in [0.1, 0.15) is 19.8 Å². The first-order valence-corrected chi connectivity index (χ1v) is 4.53. The average molecular weight is 184 g/mol. The molecule has 1 rings (SSSR count). The Bertz CT molecular complexity index is 214. The van der Waals surface area contributed by atoms with Gasteiger partial charge in [-0.2, -0.15) is 5.26 Å². The van der Waals surface area contributed by atoms with Crippen LogP contribution in [0, 0.1) is 11.3 Å². The second-order valence-electron chi connectivity index (χ2n) is 3.87. The Labute approximate surface area is 78.4 Å². The predicted molar refractivity (Wildman–Crippen MR) is 47.9 cm³/mol. The molecule has 0 radical (unpaired) electrons. The van der Waals surface area contributed by atoms with Crippen LogP contribution >= 0.6 is 0 Å². The Hall–Kier alpha value is -0.630. The maximum absolute atomic E-state index is 9.43. The molecule has 1 heterocycles. The average Bonchev–Trinajstić information content (AvgIpc) is 2.39. The smallest absolute Gasteiger partial charge is 0.0685 e. The summed E-state index contributed by atoms with van der Waals surface area (Å²) in [7, 11) is 0. The fourth-order valence-electron chi connectivity index (χ4n) is 1.89. The molecule has 2 N–H and O–H groups in total. The number of nitrogens with zero attached hydrogens (tertiary/aromatic N) is 2. The molecule has 4 heteroatoms. The Balaban J connectivity index is 2.56. The van der Waals surface area contributed by atoms with Gasteiger partial charge in [0.2, 0.25) is 0 Å². The molecule has 1 saturated heterocycles. The topological polar surface area (TPSA) is 67.5 Å². The molecule has 0 aromatic rings. The lowest BCUT2D eigenvalue weighted by Crippen LogP contribution is -2.44. The Morgan fingerprint density at radius 3 is 2.92 bits per heavy atom. The number of aliphatic hydroxyl groups excluding tert-OH is 2. The maximum Gasteiger partial charge on any atom is 0.0685 e. The van der Waals surface area contributed by atoms with Gasteiger partial charge in [-0.25, -0.2) is 0 Å². The fourth-order valence-corrected chi connectivity index (χ4v) is 1.89. The highest BCUT2D eigenvalue weighted by atomic mass is 16.3. The van der Waals surface area contributed by atoms with Crippen LogP contribution in [0.15, 0.2) is 0 Å². The molecular weight excluding hydrogens is 168 g/mol.